The third kappa shape index (κ3) is 4.14. The summed E-state index contributed by atoms with van der Waals surface area (Å²) >= 11 is 4.33. The standard InChI is InChI=1S/C8H3BrF6INO/c9-2-3-1-4(7(10,11)12)17-6(5(3)16)18-8(13,14)15/h1H,2H2. The van der Waals surface area contributed by atoms with Crippen LogP contribution in [0.2, 0.25) is 0 Å². The zero-order chi connectivity index (χ0) is 14.1. The lowest BCUT2D eigenvalue weighted by atomic mass is 10.2. The average Bonchev–Trinajstić information content (AvgIpc) is 2.17. The van der Waals surface area contributed by atoms with Gasteiger partial charge in [-0.15, -0.1) is 13.2 Å². The number of rotatable bonds is 2. The summed E-state index contributed by atoms with van der Waals surface area (Å²) in [6, 6.07) is 0.666. The van der Waals surface area contributed by atoms with E-state index in [1.165, 1.54) is 22.6 Å². The molecule has 0 aliphatic carbocycles. The van der Waals surface area contributed by atoms with Gasteiger partial charge in [-0.2, -0.15) is 13.2 Å². The van der Waals surface area contributed by atoms with Gasteiger partial charge in [0.2, 0.25) is 5.88 Å². The number of hydrogen-bond donors (Lipinski definition) is 0. The molecule has 1 aromatic heterocycles. The van der Waals surface area contributed by atoms with E-state index in [-0.39, 0.29) is 14.5 Å². The maximum absolute atomic E-state index is 12.4. The summed E-state index contributed by atoms with van der Waals surface area (Å²) in [4.78, 5) is 2.84. The number of pyridine rings is 1. The first-order valence-corrected chi connectivity index (χ1v) is 6.33. The quantitative estimate of drug-likeness (QED) is 0.377. The minimum atomic E-state index is -5.10. The second kappa shape index (κ2) is 5.39. The Bertz CT molecular complexity index is 446. The molecule has 10 heteroatoms. The van der Waals surface area contributed by atoms with E-state index >= 15 is 0 Å². The molecule has 1 rings (SSSR count). The third-order valence-corrected chi connectivity index (χ3v) is 3.41. The normalized spacial score (nSPS) is 12.7. The van der Waals surface area contributed by atoms with E-state index in [1.807, 2.05) is 0 Å². The van der Waals surface area contributed by atoms with Crippen molar-refractivity contribution in [2.45, 2.75) is 17.9 Å². The Hall–Kier alpha value is -0.260. The second-order valence-electron chi connectivity index (χ2n) is 2.96. The average molecular weight is 450 g/mol. The van der Waals surface area contributed by atoms with Gasteiger partial charge in [-0.25, -0.2) is 4.98 Å². The Labute approximate surface area is 119 Å². The summed E-state index contributed by atoms with van der Waals surface area (Å²) < 4.78 is 76.7. The number of ether oxygens (including phenoxy) is 1. The van der Waals surface area contributed by atoms with E-state index < -0.39 is 24.1 Å². The van der Waals surface area contributed by atoms with Crippen LogP contribution in [0.5, 0.6) is 5.88 Å². The van der Waals surface area contributed by atoms with Crippen molar-refractivity contribution in [1.29, 1.82) is 0 Å². The van der Waals surface area contributed by atoms with Gasteiger partial charge in [-0.3, -0.25) is 0 Å². The van der Waals surface area contributed by atoms with Gasteiger partial charge in [0.25, 0.3) is 0 Å². The summed E-state index contributed by atoms with van der Waals surface area (Å²) in [6.45, 7) is 0. The summed E-state index contributed by atoms with van der Waals surface area (Å²) in [5, 5.41) is -0.0505. The summed E-state index contributed by atoms with van der Waals surface area (Å²) in [5.41, 5.74) is -1.42. The summed E-state index contributed by atoms with van der Waals surface area (Å²) in [7, 11) is 0. The Morgan fingerprint density at radius 3 is 2.17 bits per heavy atom. The Morgan fingerprint density at radius 2 is 1.78 bits per heavy atom. The maximum atomic E-state index is 12.4. The molecule has 2 nitrogen and oxygen atoms in total. The predicted octanol–water partition coefficient (Wildman–Crippen LogP) is 4.50. The Kier molecular flexibility index (Phi) is 4.73. The molecule has 0 spiro atoms. The van der Waals surface area contributed by atoms with Crippen molar-refractivity contribution < 1.29 is 31.1 Å². The van der Waals surface area contributed by atoms with Crippen LogP contribution in [-0.4, -0.2) is 11.3 Å². The van der Waals surface area contributed by atoms with Crippen LogP contribution in [0.15, 0.2) is 6.07 Å². The molecular formula is C8H3BrF6INO. The second-order valence-corrected chi connectivity index (χ2v) is 4.60. The maximum Gasteiger partial charge on any atom is 0.574 e. The third-order valence-electron chi connectivity index (χ3n) is 1.65. The van der Waals surface area contributed by atoms with Crippen molar-refractivity contribution in [3.05, 3.63) is 20.9 Å². The molecule has 0 amide bonds. The van der Waals surface area contributed by atoms with Gasteiger partial charge in [-0.05, 0) is 34.2 Å². The molecule has 0 fully saturated rings. The van der Waals surface area contributed by atoms with E-state index in [9.17, 15) is 26.3 Å². The highest BCUT2D eigenvalue weighted by Gasteiger charge is 2.37. The number of nitrogens with zero attached hydrogens (tertiary/aromatic N) is 1. The van der Waals surface area contributed by atoms with Gasteiger partial charge in [0.1, 0.15) is 5.69 Å². The SMILES string of the molecule is FC(F)(F)Oc1nc(C(F)(F)F)cc(CBr)c1I. The van der Waals surface area contributed by atoms with Gasteiger partial charge >= 0.3 is 12.5 Å². The molecule has 1 aromatic rings. The topological polar surface area (TPSA) is 22.1 Å². The number of aromatic nitrogens is 1. The van der Waals surface area contributed by atoms with Crippen molar-refractivity contribution in [1.82, 2.24) is 4.98 Å². The molecular weight excluding hydrogens is 447 g/mol. The lowest BCUT2D eigenvalue weighted by molar-refractivity contribution is -0.276. The number of alkyl halides is 7. The highest BCUT2D eigenvalue weighted by Crippen LogP contribution is 2.35. The van der Waals surface area contributed by atoms with E-state index in [1.54, 1.807) is 0 Å². The summed E-state index contributed by atoms with van der Waals surface area (Å²) in [6.07, 6.45) is -9.94. The van der Waals surface area contributed by atoms with Crippen LogP contribution in [0, 0.1) is 3.57 Å². The molecule has 0 radical (unpaired) electrons. The lowest BCUT2D eigenvalue weighted by Crippen LogP contribution is -2.20. The number of halogens is 8. The zero-order valence-corrected chi connectivity index (χ0v) is 11.9. The lowest BCUT2D eigenvalue weighted by Gasteiger charge is -2.14. The first kappa shape index (κ1) is 15.8. The van der Waals surface area contributed by atoms with Gasteiger partial charge in [0, 0.05) is 5.33 Å². The zero-order valence-electron chi connectivity index (χ0n) is 8.16. The molecule has 0 unspecified atom stereocenters. The monoisotopic (exact) mass is 449 g/mol. The van der Waals surface area contributed by atoms with Crippen molar-refractivity contribution in [3.63, 3.8) is 0 Å². The minimum absolute atomic E-state index is 0.0113. The molecule has 0 saturated carbocycles. The molecule has 0 atom stereocenters. The predicted molar refractivity (Wildman–Crippen MR) is 61.3 cm³/mol. The van der Waals surface area contributed by atoms with Crippen molar-refractivity contribution >= 4 is 38.5 Å². The van der Waals surface area contributed by atoms with Crippen LogP contribution in [0.3, 0.4) is 0 Å². The van der Waals surface area contributed by atoms with Crippen LogP contribution in [0.25, 0.3) is 0 Å². The van der Waals surface area contributed by atoms with Gasteiger partial charge in [-0.1, -0.05) is 15.9 Å². The molecule has 0 aliphatic rings. The smallest absolute Gasteiger partial charge is 0.387 e. The van der Waals surface area contributed by atoms with Gasteiger partial charge in [0.05, 0.1) is 3.57 Å². The minimum Gasteiger partial charge on any atom is -0.387 e. The van der Waals surface area contributed by atoms with E-state index in [2.05, 4.69) is 25.7 Å². The summed E-state index contributed by atoms with van der Waals surface area (Å²) in [5.74, 6) is -1.10. The fourth-order valence-electron chi connectivity index (χ4n) is 0.976. The fourth-order valence-corrected chi connectivity index (χ4v) is 2.52. The Morgan fingerprint density at radius 1 is 1.22 bits per heavy atom. The molecule has 0 bridgehead atoms. The van der Waals surface area contributed by atoms with E-state index in [0.717, 1.165) is 0 Å². The Balaban J connectivity index is 3.32. The van der Waals surface area contributed by atoms with Crippen LogP contribution in [-0.2, 0) is 11.5 Å². The van der Waals surface area contributed by atoms with Crippen LogP contribution >= 0.6 is 38.5 Å². The van der Waals surface area contributed by atoms with Crippen LogP contribution in [0.1, 0.15) is 11.3 Å². The molecule has 1 heterocycles. The molecule has 18 heavy (non-hydrogen) atoms. The van der Waals surface area contributed by atoms with Gasteiger partial charge < -0.3 is 4.74 Å². The molecule has 0 aliphatic heterocycles. The molecule has 0 saturated heterocycles. The fraction of sp³-hybridized carbons (Fsp3) is 0.375. The first-order chi connectivity index (χ1) is 8.04. The van der Waals surface area contributed by atoms with Crippen LogP contribution in [0.4, 0.5) is 26.3 Å². The van der Waals surface area contributed by atoms with E-state index in [0.29, 0.717) is 6.07 Å². The molecule has 0 N–H and O–H groups in total. The van der Waals surface area contributed by atoms with Crippen molar-refractivity contribution in [2.24, 2.45) is 0 Å². The van der Waals surface area contributed by atoms with E-state index in [4.69, 9.17) is 0 Å². The highest BCUT2D eigenvalue weighted by atomic mass is 127. The highest BCUT2D eigenvalue weighted by molar-refractivity contribution is 14.1. The molecule has 102 valence electrons. The van der Waals surface area contributed by atoms with Crippen LogP contribution < -0.4 is 4.74 Å². The van der Waals surface area contributed by atoms with Gasteiger partial charge in [0.15, 0.2) is 0 Å². The van der Waals surface area contributed by atoms with Crippen molar-refractivity contribution in [2.75, 3.05) is 0 Å². The first-order valence-electron chi connectivity index (χ1n) is 4.13. The number of hydrogen-bond acceptors (Lipinski definition) is 2. The largest absolute Gasteiger partial charge is 0.574 e. The molecule has 0 aromatic carbocycles. The van der Waals surface area contributed by atoms with Crippen molar-refractivity contribution in [3.8, 4) is 5.88 Å².